The number of benzene rings is 2. The van der Waals surface area contributed by atoms with Gasteiger partial charge in [0.2, 0.25) is 5.91 Å². The van der Waals surface area contributed by atoms with Crippen molar-refractivity contribution in [3.8, 4) is 5.75 Å². The number of hydroxylamine groups is 1. The summed E-state index contributed by atoms with van der Waals surface area (Å²) in [6, 6.07) is 17.2. The number of nitrogens with zero attached hydrogens (tertiary/aromatic N) is 2. The molecular weight excluding hydrogens is 456 g/mol. The van der Waals surface area contributed by atoms with Crippen molar-refractivity contribution in [2.75, 3.05) is 6.54 Å². The fraction of sp³-hybridized carbons (Fsp3) is 0.321. The van der Waals surface area contributed by atoms with Crippen LogP contribution in [0.1, 0.15) is 47.3 Å². The number of aromatic nitrogens is 1. The van der Waals surface area contributed by atoms with Crippen LogP contribution in [0, 0.1) is 12.8 Å². The molecule has 8 nitrogen and oxygen atoms in total. The highest BCUT2D eigenvalue weighted by Gasteiger charge is 2.30. The Kier molecular flexibility index (Phi) is 8.30. The molecule has 1 aliphatic heterocycles. The lowest BCUT2D eigenvalue weighted by Crippen LogP contribution is -2.52. The number of fused-ring (bicyclic) bond motifs is 1. The topological polar surface area (TPSA) is 104 Å². The monoisotopic (exact) mass is 488 g/mol. The largest absolute Gasteiger partial charge is 0.489 e. The summed E-state index contributed by atoms with van der Waals surface area (Å²) in [6.45, 7) is 6.82. The normalized spacial score (nSPS) is 17.9. The summed E-state index contributed by atoms with van der Waals surface area (Å²) in [4.78, 5) is 29.0. The van der Waals surface area contributed by atoms with E-state index in [1.54, 1.807) is 29.7 Å². The van der Waals surface area contributed by atoms with Crippen LogP contribution in [0.25, 0.3) is 10.9 Å². The second kappa shape index (κ2) is 11.8. The number of aryl methyl sites for hydroxylation is 1. The van der Waals surface area contributed by atoms with Crippen molar-refractivity contribution < 1.29 is 19.5 Å². The molecule has 2 heterocycles. The van der Waals surface area contributed by atoms with Crippen molar-refractivity contribution in [1.82, 2.24) is 20.9 Å². The van der Waals surface area contributed by atoms with Crippen LogP contribution in [0.3, 0.4) is 0 Å². The smallest absolute Gasteiger partial charge is 0.265 e. The molecule has 3 N–H and O–H groups in total. The lowest BCUT2D eigenvalue weighted by Gasteiger charge is -2.38. The molecule has 0 saturated carbocycles. The second-order valence-electron chi connectivity index (χ2n) is 9.19. The number of rotatable bonds is 9. The van der Waals surface area contributed by atoms with Gasteiger partial charge in [0.05, 0.1) is 5.52 Å². The SMILES string of the molecule is C=CCC1CC(CC(=O)NO)CCN1NC(=O)c1ccc(OCc2cc(C)nc3ccccc23)cc1. The van der Waals surface area contributed by atoms with Gasteiger partial charge >= 0.3 is 0 Å². The molecule has 2 aromatic carbocycles. The van der Waals surface area contributed by atoms with Gasteiger partial charge in [-0.15, -0.1) is 6.58 Å². The Morgan fingerprint density at radius 2 is 2.00 bits per heavy atom. The number of pyridine rings is 1. The van der Waals surface area contributed by atoms with Crippen molar-refractivity contribution in [1.29, 1.82) is 0 Å². The van der Waals surface area contributed by atoms with E-state index in [9.17, 15) is 9.59 Å². The summed E-state index contributed by atoms with van der Waals surface area (Å²) in [5.41, 5.74) is 8.19. The molecule has 3 aromatic rings. The number of para-hydroxylation sites is 1. The maximum absolute atomic E-state index is 12.9. The minimum Gasteiger partial charge on any atom is -0.489 e. The number of nitrogens with one attached hydrogen (secondary N) is 2. The van der Waals surface area contributed by atoms with Gasteiger partial charge in [-0.05, 0) is 68.5 Å². The fourth-order valence-electron chi connectivity index (χ4n) is 4.76. The van der Waals surface area contributed by atoms with Gasteiger partial charge in [-0.3, -0.25) is 25.2 Å². The molecule has 2 amide bonds. The number of hydrogen-bond donors (Lipinski definition) is 3. The van der Waals surface area contributed by atoms with Crippen LogP contribution >= 0.6 is 0 Å². The Morgan fingerprint density at radius 3 is 2.75 bits per heavy atom. The van der Waals surface area contributed by atoms with E-state index in [-0.39, 0.29) is 30.2 Å². The summed E-state index contributed by atoms with van der Waals surface area (Å²) < 4.78 is 6.01. The first-order valence-corrected chi connectivity index (χ1v) is 12.2. The van der Waals surface area contributed by atoms with Crippen LogP contribution in [0.2, 0.25) is 0 Å². The van der Waals surface area contributed by atoms with Gasteiger partial charge in [0, 0.05) is 41.2 Å². The molecule has 1 aromatic heterocycles. The number of amides is 2. The highest BCUT2D eigenvalue weighted by atomic mass is 16.5. The van der Waals surface area contributed by atoms with E-state index in [0.29, 0.717) is 30.9 Å². The van der Waals surface area contributed by atoms with E-state index in [0.717, 1.165) is 35.0 Å². The van der Waals surface area contributed by atoms with Crippen LogP contribution in [0.5, 0.6) is 5.75 Å². The van der Waals surface area contributed by atoms with Gasteiger partial charge in [-0.2, -0.15) is 0 Å². The molecule has 0 radical (unpaired) electrons. The zero-order chi connectivity index (χ0) is 25.5. The number of piperidine rings is 1. The van der Waals surface area contributed by atoms with Gasteiger partial charge in [0.25, 0.3) is 5.91 Å². The summed E-state index contributed by atoms with van der Waals surface area (Å²) in [5, 5.41) is 11.8. The quantitative estimate of drug-likeness (QED) is 0.235. The molecule has 0 bridgehead atoms. The molecule has 1 aliphatic rings. The van der Waals surface area contributed by atoms with Gasteiger partial charge in [-0.1, -0.05) is 24.3 Å². The number of ether oxygens (including phenoxy) is 1. The zero-order valence-corrected chi connectivity index (χ0v) is 20.4. The predicted octanol–water partition coefficient (Wildman–Crippen LogP) is 4.32. The Bertz CT molecular complexity index is 1230. The van der Waals surface area contributed by atoms with E-state index >= 15 is 0 Å². The minimum absolute atomic E-state index is 0.0398. The van der Waals surface area contributed by atoms with E-state index in [4.69, 9.17) is 9.94 Å². The van der Waals surface area contributed by atoms with Crippen molar-refractivity contribution in [2.24, 2.45) is 5.92 Å². The third kappa shape index (κ3) is 6.27. The van der Waals surface area contributed by atoms with Gasteiger partial charge in [-0.25, -0.2) is 10.5 Å². The second-order valence-corrected chi connectivity index (χ2v) is 9.19. The first kappa shape index (κ1) is 25.3. The Morgan fingerprint density at radius 1 is 1.22 bits per heavy atom. The molecule has 4 rings (SSSR count). The predicted molar refractivity (Wildman–Crippen MR) is 137 cm³/mol. The van der Waals surface area contributed by atoms with Gasteiger partial charge in [0.15, 0.2) is 0 Å². The third-order valence-electron chi connectivity index (χ3n) is 6.55. The maximum Gasteiger partial charge on any atom is 0.265 e. The third-order valence-corrected chi connectivity index (χ3v) is 6.55. The molecule has 2 unspecified atom stereocenters. The maximum atomic E-state index is 12.9. The van der Waals surface area contributed by atoms with E-state index in [2.05, 4.69) is 17.0 Å². The molecule has 0 aliphatic carbocycles. The first-order chi connectivity index (χ1) is 17.5. The van der Waals surface area contributed by atoms with E-state index < -0.39 is 0 Å². The van der Waals surface area contributed by atoms with Crippen LogP contribution in [0.15, 0.2) is 67.3 Å². The Hall–Kier alpha value is -3.75. The molecule has 1 fully saturated rings. The highest BCUT2D eigenvalue weighted by molar-refractivity contribution is 5.94. The number of carbonyl (C=O) groups excluding carboxylic acids is 2. The van der Waals surface area contributed by atoms with Crippen molar-refractivity contribution in [3.63, 3.8) is 0 Å². The summed E-state index contributed by atoms with van der Waals surface area (Å²) in [6.07, 6.45) is 4.25. The van der Waals surface area contributed by atoms with Gasteiger partial charge in [0.1, 0.15) is 12.4 Å². The number of carbonyl (C=O) groups is 2. The van der Waals surface area contributed by atoms with Crippen LogP contribution in [-0.2, 0) is 11.4 Å². The van der Waals surface area contributed by atoms with Crippen LogP contribution in [-0.4, -0.2) is 39.6 Å². The summed E-state index contributed by atoms with van der Waals surface area (Å²) in [5.74, 6) is 0.243. The molecule has 8 heteroatoms. The van der Waals surface area contributed by atoms with Crippen LogP contribution in [0.4, 0.5) is 0 Å². The van der Waals surface area contributed by atoms with E-state index in [1.807, 2.05) is 48.3 Å². The number of hydrazine groups is 1. The average molecular weight is 489 g/mol. The summed E-state index contributed by atoms with van der Waals surface area (Å²) in [7, 11) is 0. The fourth-order valence-corrected chi connectivity index (χ4v) is 4.76. The average Bonchev–Trinajstić information content (AvgIpc) is 2.89. The Labute approximate surface area is 210 Å². The zero-order valence-electron chi connectivity index (χ0n) is 20.4. The molecule has 0 spiro atoms. The minimum atomic E-state index is -0.385. The van der Waals surface area contributed by atoms with Crippen LogP contribution < -0.4 is 15.6 Å². The molecular formula is C28H32N4O4. The summed E-state index contributed by atoms with van der Waals surface area (Å²) >= 11 is 0. The molecule has 1 saturated heterocycles. The molecule has 36 heavy (non-hydrogen) atoms. The van der Waals surface area contributed by atoms with Crippen molar-refractivity contribution in [3.05, 3.63) is 84.1 Å². The standard InChI is InChI=1S/C28H32N4O4/c1-3-6-23-16-20(17-27(33)31-35)13-14-32(23)30-28(34)21-9-11-24(12-10-21)36-18-22-15-19(2)29-26-8-5-4-7-25(22)26/h3-5,7-12,15,20,23,35H,1,6,13-14,16-18H2,2H3,(H,30,34)(H,31,33). The highest BCUT2D eigenvalue weighted by Crippen LogP contribution is 2.27. The molecule has 2 atom stereocenters. The number of hydrogen-bond acceptors (Lipinski definition) is 6. The van der Waals surface area contributed by atoms with Crippen molar-refractivity contribution in [2.45, 2.75) is 45.3 Å². The van der Waals surface area contributed by atoms with Gasteiger partial charge < -0.3 is 4.74 Å². The Balaban J connectivity index is 1.36. The lowest BCUT2D eigenvalue weighted by molar-refractivity contribution is -0.130. The lowest BCUT2D eigenvalue weighted by atomic mass is 9.87. The van der Waals surface area contributed by atoms with Crippen molar-refractivity contribution >= 4 is 22.7 Å². The molecule has 188 valence electrons. The first-order valence-electron chi connectivity index (χ1n) is 12.2. The van der Waals surface area contributed by atoms with E-state index in [1.165, 1.54) is 0 Å².